The van der Waals surface area contributed by atoms with Crippen molar-refractivity contribution in [1.82, 2.24) is 24.4 Å². The van der Waals surface area contributed by atoms with Crippen molar-refractivity contribution in [3.63, 3.8) is 0 Å². The lowest BCUT2D eigenvalue weighted by Gasteiger charge is -2.28. The molecule has 0 spiro atoms. The molecule has 1 aliphatic heterocycles. The van der Waals surface area contributed by atoms with E-state index >= 15 is 0 Å². The van der Waals surface area contributed by atoms with Crippen molar-refractivity contribution in [2.24, 2.45) is 0 Å². The number of nitrogens with one attached hydrogen (secondary N) is 2. The first-order valence-corrected chi connectivity index (χ1v) is 11.9. The predicted octanol–water partition coefficient (Wildman–Crippen LogP) is 1.67. The van der Waals surface area contributed by atoms with Gasteiger partial charge in [-0.3, -0.25) is 18.7 Å². The summed E-state index contributed by atoms with van der Waals surface area (Å²) in [6, 6.07) is 9.94. The number of hydrogen-bond acceptors (Lipinski definition) is 8. The van der Waals surface area contributed by atoms with E-state index in [1.165, 1.54) is 0 Å². The highest BCUT2D eigenvalue weighted by atomic mass is 35.5. The maximum absolute atomic E-state index is 13.8. The number of aromatic nitrogens is 4. The molecule has 11 heteroatoms. The van der Waals surface area contributed by atoms with Crippen LogP contribution in [-0.2, 0) is 29.0 Å². The summed E-state index contributed by atoms with van der Waals surface area (Å²) in [4.78, 5) is 37.4. The summed E-state index contributed by atoms with van der Waals surface area (Å²) in [5, 5.41) is 6.33. The number of aryl methyl sites for hydroxylation is 1. The van der Waals surface area contributed by atoms with E-state index in [9.17, 15) is 9.59 Å². The summed E-state index contributed by atoms with van der Waals surface area (Å²) in [6.45, 7) is 7.68. The van der Waals surface area contributed by atoms with E-state index in [1.54, 1.807) is 18.4 Å². The van der Waals surface area contributed by atoms with Gasteiger partial charge in [0.05, 0.1) is 13.2 Å². The van der Waals surface area contributed by atoms with Gasteiger partial charge in [-0.15, -0.1) is 18.3 Å². The van der Waals surface area contributed by atoms with E-state index in [1.807, 2.05) is 34.9 Å². The van der Waals surface area contributed by atoms with Crippen LogP contribution in [0.25, 0.3) is 11.2 Å². The number of fused-ring (bicyclic) bond motifs is 1. The van der Waals surface area contributed by atoms with Crippen LogP contribution in [0, 0.1) is 11.8 Å². The second kappa shape index (κ2) is 13.0. The summed E-state index contributed by atoms with van der Waals surface area (Å²) < 4.78 is 8.47. The number of anilines is 2. The molecule has 1 aromatic carbocycles. The zero-order valence-corrected chi connectivity index (χ0v) is 21.4. The molecule has 0 aliphatic carbocycles. The average Bonchev–Trinajstić information content (AvgIpc) is 3.25. The number of carbonyl (C=O) groups excluding carboxylic acids is 1. The van der Waals surface area contributed by atoms with Crippen molar-refractivity contribution in [3.05, 3.63) is 46.2 Å². The number of imidazole rings is 1. The first-order valence-electron chi connectivity index (χ1n) is 11.9. The van der Waals surface area contributed by atoms with Gasteiger partial charge in [-0.1, -0.05) is 36.3 Å². The van der Waals surface area contributed by atoms with Crippen molar-refractivity contribution < 1.29 is 9.53 Å². The Morgan fingerprint density at radius 3 is 2.61 bits per heavy atom. The number of rotatable bonds is 9. The summed E-state index contributed by atoms with van der Waals surface area (Å²) in [5.74, 6) is 6.56. The molecule has 2 aromatic heterocycles. The Kier molecular flexibility index (Phi) is 9.73. The summed E-state index contributed by atoms with van der Waals surface area (Å²) in [7, 11) is 0. The lowest BCUT2D eigenvalue weighted by atomic mass is 10.1. The lowest BCUT2D eigenvalue weighted by molar-refractivity contribution is -0.140. The van der Waals surface area contributed by atoms with E-state index in [0.717, 1.165) is 31.7 Å². The number of esters is 1. The van der Waals surface area contributed by atoms with Crippen molar-refractivity contribution in [1.29, 1.82) is 0 Å². The average molecular weight is 514 g/mol. The highest BCUT2D eigenvalue weighted by Crippen LogP contribution is 2.21. The lowest BCUT2D eigenvalue weighted by Crippen LogP contribution is -2.44. The van der Waals surface area contributed by atoms with Crippen LogP contribution in [0.5, 0.6) is 0 Å². The van der Waals surface area contributed by atoms with Crippen LogP contribution >= 0.6 is 12.4 Å². The monoisotopic (exact) mass is 513 g/mol. The standard InChI is InChI=1S/C25H31N7O3.ClH/c1-3-5-14-31-21-22(29-25(31)30-16-12-26-13-17-30)28-24(27-18-20(33)35-4-2)32(23(21)34)15-11-19-9-7-6-8-10-19;/h6-10,26H,4,11-18H2,1-2H3,(H,27,28);1H. The van der Waals surface area contributed by atoms with Gasteiger partial charge in [-0.25, -0.2) is 0 Å². The second-order valence-corrected chi connectivity index (χ2v) is 8.12. The zero-order valence-electron chi connectivity index (χ0n) is 20.6. The van der Waals surface area contributed by atoms with Gasteiger partial charge in [0.25, 0.3) is 5.56 Å². The third-order valence-corrected chi connectivity index (χ3v) is 5.82. The molecule has 2 N–H and O–H groups in total. The quantitative estimate of drug-likeness (QED) is 0.329. The number of ether oxygens (including phenoxy) is 1. The Bertz CT molecular complexity index is 1290. The molecule has 36 heavy (non-hydrogen) atoms. The third-order valence-electron chi connectivity index (χ3n) is 5.82. The Morgan fingerprint density at radius 2 is 1.92 bits per heavy atom. The van der Waals surface area contributed by atoms with Gasteiger partial charge in [-0.05, 0) is 25.8 Å². The molecule has 10 nitrogen and oxygen atoms in total. The maximum atomic E-state index is 13.8. The fraction of sp³-hybridized carbons (Fsp3) is 0.440. The van der Waals surface area contributed by atoms with Crippen molar-refractivity contribution in [2.45, 2.75) is 33.4 Å². The molecular weight excluding hydrogens is 482 g/mol. The Morgan fingerprint density at radius 1 is 1.17 bits per heavy atom. The Labute approximate surface area is 216 Å². The second-order valence-electron chi connectivity index (χ2n) is 8.12. The number of hydrogen-bond donors (Lipinski definition) is 2. The third kappa shape index (κ3) is 6.17. The molecule has 192 valence electrons. The first kappa shape index (κ1) is 27.0. The van der Waals surface area contributed by atoms with Crippen LogP contribution in [-0.4, -0.2) is 64.4 Å². The molecule has 1 aliphatic rings. The van der Waals surface area contributed by atoms with Gasteiger partial charge in [0.2, 0.25) is 11.9 Å². The van der Waals surface area contributed by atoms with Crippen LogP contribution in [0.2, 0.25) is 0 Å². The fourth-order valence-corrected chi connectivity index (χ4v) is 4.11. The number of piperazine rings is 1. The maximum Gasteiger partial charge on any atom is 0.325 e. The molecule has 3 aromatic rings. The molecule has 0 radical (unpaired) electrons. The number of halogens is 1. The number of nitrogens with zero attached hydrogens (tertiary/aromatic N) is 5. The van der Waals surface area contributed by atoms with Gasteiger partial charge >= 0.3 is 5.97 Å². The number of carbonyl (C=O) groups is 1. The molecule has 4 rings (SSSR count). The van der Waals surface area contributed by atoms with E-state index < -0.39 is 5.97 Å². The minimum absolute atomic E-state index is 0. The molecule has 1 fully saturated rings. The molecule has 0 amide bonds. The molecule has 0 saturated carbocycles. The van der Waals surface area contributed by atoms with Gasteiger partial charge in [0, 0.05) is 32.7 Å². The van der Waals surface area contributed by atoms with Crippen molar-refractivity contribution in [3.8, 4) is 11.8 Å². The van der Waals surface area contributed by atoms with Crippen molar-refractivity contribution >= 4 is 41.4 Å². The summed E-state index contributed by atoms with van der Waals surface area (Å²) in [6.07, 6.45) is 0.634. The van der Waals surface area contributed by atoms with Crippen LogP contribution in [0.3, 0.4) is 0 Å². The molecule has 0 atom stereocenters. The van der Waals surface area contributed by atoms with Gasteiger partial charge in [0.15, 0.2) is 11.2 Å². The van der Waals surface area contributed by atoms with Gasteiger partial charge in [0.1, 0.15) is 6.54 Å². The van der Waals surface area contributed by atoms with Gasteiger partial charge < -0.3 is 20.3 Å². The predicted molar refractivity (Wildman–Crippen MR) is 143 cm³/mol. The minimum atomic E-state index is -0.415. The SMILES string of the molecule is CC#CCn1c(N2CCNCC2)nc2nc(NCC(=O)OCC)n(CCc3ccccc3)c(=O)c21.Cl. The normalized spacial score (nSPS) is 13.0. The molecule has 1 saturated heterocycles. The van der Waals surface area contributed by atoms with Crippen LogP contribution in [0.15, 0.2) is 35.1 Å². The van der Waals surface area contributed by atoms with Crippen LogP contribution in [0.4, 0.5) is 11.9 Å². The van der Waals surface area contributed by atoms with Crippen molar-refractivity contribution in [2.75, 3.05) is 49.5 Å². The largest absolute Gasteiger partial charge is 0.465 e. The first-order chi connectivity index (χ1) is 17.1. The minimum Gasteiger partial charge on any atom is -0.465 e. The van der Waals surface area contributed by atoms with Gasteiger partial charge in [-0.2, -0.15) is 9.97 Å². The highest BCUT2D eigenvalue weighted by Gasteiger charge is 2.24. The Balaban J connectivity index is 0.00000361. The molecule has 0 unspecified atom stereocenters. The van der Waals surface area contributed by atoms with Crippen LogP contribution < -0.4 is 21.1 Å². The molecule has 0 bridgehead atoms. The highest BCUT2D eigenvalue weighted by molar-refractivity contribution is 5.85. The van der Waals surface area contributed by atoms with E-state index in [-0.39, 0.29) is 31.1 Å². The smallest absolute Gasteiger partial charge is 0.325 e. The number of benzene rings is 1. The summed E-state index contributed by atoms with van der Waals surface area (Å²) in [5.41, 5.74) is 1.63. The summed E-state index contributed by atoms with van der Waals surface area (Å²) >= 11 is 0. The molecular formula is C25H32ClN7O3. The van der Waals surface area contributed by atoms with E-state index in [4.69, 9.17) is 9.72 Å². The van der Waals surface area contributed by atoms with E-state index in [0.29, 0.717) is 42.6 Å². The molecule has 3 heterocycles. The van der Waals surface area contributed by atoms with E-state index in [2.05, 4.69) is 32.4 Å². The topological polar surface area (TPSA) is 106 Å². The van der Waals surface area contributed by atoms with Crippen LogP contribution in [0.1, 0.15) is 19.4 Å². The Hall–Kier alpha value is -3.55. The fourth-order valence-electron chi connectivity index (χ4n) is 4.11. The zero-order chi connectivity index (χ0) is 24.6.